The summed E-state index contributed by atoms with van der Waals surface area (Å²) in [6.07, 6.45) is 1.71. The maximum atomic E-state index is 13.2. The van der Waals surface area contributed by atoms with Crippen LogP contribution in [0.15, 0.2) is 18.2 Å². The molecule has 0 aromatic heterocycles. The normalized spacial score (nSPS) is 19.7. The molecule has 2 rings (SSSR count). The van der Waals surface area contributed by atoms with Crippen LogP contribution in [0.4, 0.5) is 4.39 Å². The highest BCUT2D eigenvalue weighted by molar-refractivity contribution is 5.96. The molecule has 1 aromatic carbocycles. The summed E-state index contributed by atoms with van der Waals surface area (Å²) in [6, 6.07) is 4.10. The molecule has 0 aliphatic carbocycles. The Labute approximate surface area is 99.9 Å². The number of aliphatic hydroxyl groups excluding tert-OH is 1. The first-order valence-corrected chi connectivity index (χ1v) is 5.81. The van der Waals surface area contributed by atoms with Gasteiger partial charge in [-0.15, -0.1) is 0 Å². The minimum atomic E-state index is -0.404. The van der Waals surface area contributed by atoms with Crippen LogP contribution in [0.25, 0.3) is 0 Å². The van der Waals surface area contributed by atoms with Crippen LogP contribution in [0.3, 0.4) is 0 Å². The number of hydrogen-bond donors (Lipinski definition) is 1. The molecule has 1 atom stereocenters. The minimum absolute atomic E-state index is 0.0277. The molecule has 0 radical (unpaired) electrons. The number of amides is 1. The standard InChI is InChI=1S/C13H16FNO2/c1-9-4-5-10(14)7-12(9)13(17)15-6-2-3-11(15)8-16/h4-5,7,11,16H,2-3,6,8H2,1H3. The Morgan fingerprint density at radius 1 is 1.59 bits per heavy atom. The summed E-state index contributed by atoms with van der Waals surface area (Å²) in [5, 5.41) is 9.19. The van der Waals surface area contributed by atoms with E-state index in [-0.39, 0.29) is 18.6 Å². The van der Waals surface area contributed by atoms with E-state index < -0.39 is 5.82 Å². The summed E-state index contributed by atoms with van der Waals surface area (Å²) in [4.78, 5) is 13.9. The van der Waals surface area contributed by atoms with Gasteiger partial charge in [-0.2, -0.15) is 0 Å². The third-order valence-corrected chi connectivity index (χ3v) is 3.28. The second-order valence-corrected chi connectivity index (χ2v) is 4.44. The van der Waals surface area contributed by atoms with Crippen molar-refractivity contribution in [1.29, 1.82) is 0 Å². The molecule has 1 fully saturated rings. The number of hydrogen-bond acceptors (Lipinski definition) is 2. The maximum absolute atomic E-state index is 13.2. The first-order chi connectivity index (χ1) is 8.13. The predicted octanol–water partition coefficient (Wildman–Crippen LogP) is 1.73. The van der Waals surface area contributed by atoms with Gasteiger partial charge in [-0.1, -0.05) is 6.07 Å². The fraction of sp³-hybridized carbons (Fsp3) is 0.462. The number of rotatable bonds is 2. The highest BCUT2D eigenvalue weighted by Gasteiger charge is 2.29. The molecule has 92 valence electrons. The summed E-state index contributed by atoms with van der Waals surface area (Å²) in [5.74, 6) is -0.586. The Hall–Kier alpha value is -1.42. The molecular weight excluding hydrogens is 221 g/mol. The van der Waals surface area contributed by atoms with E-state index in [2.05, 4.69) is 0 Å². The van der Waals surface area contributed by atoms with Crippen molar-refractivity contribution >= 4 is 5.91 Å². The average molecular weight is 237 g/mol. The van der Waals surface area contributed by atoms with Crippen molar-refractivity contribution in [2.75, 3.05) is 13.2 Å². The van der Waals surface area contributed by atoms with Crippen LogP contribution >= 0.6 is 0 Å². The van der Waals surface area contributed by atoms with E-state index in [9.17, 15) is 14.3 Å². The highest BCUT2D eigenvalue weighted by atomic mass is 19.1. The monoisotopic (exact) mass is 237 g/mol. The molecule has 1 heterocycles. The van der Waals surface area contributed by atoms with Crippen molar-refractivity contribution < 1.29 is 14.3 Å². The summed E-state index contributed by atoms with van der Waals surface area (Å²) < 4.78 is 13.2. The number of aryl methyl sites for hydroxylation is 1. The number of benzene rings is 1. The van der Waals surface area contributed by atoms with Gasteiger partial charge in [-0.05, 0) is 37.5 Å². The van der Waals surface area contributed by atoms with Gasteiger partial charge in [0, 0.05) is 12.1 Å². The molecule has 4 heteroatoms. The Bertz CT molecular complexity index is 433. The topological polar surface area (TPSA) is 40.5 Å². The second kappa shape index (κ2) is 4.84. The second-order valence-electron chi connectivity index (χ2n) is 4.44. The van der Waals surface area contributed by atoms with Crippen molar-refractivity contribution in [3.8, 4) is 0 Å². The third-order valence-electron chi connectivity index (χ3n) is 3.28. The highest BCUT2D eigenvalue weighted by Crippen LogP contribution is 2.21. The molecule has 1 aromatic rings. The number of carbonyl (C=O) groups excluding carboxylic acids is 1. The van der Waals surface area contributed by atoms with E-state index in [1.54, 1.807) is 17.9 Å². The summed E-state index contributed by atoms with van der Waals surface area (Å²) in [6.45, 7) is 2.40. The summed E-state index contributed by atoms with van der Waals surface area (Å²) >= 11 is 0. The molecule has 0 bridgehead atoms. The lowest BCUT2D eigenvalue weighted by molar-refractivity contribution is 0.0676. The van der Waals surface area contributed by atoms with Crippen molar-refractivity contribution in [3.63, 3.8) is 0 Å². The number of nitrogens with zero attached hydrogens (tertiary/aromatic N) is 1. The molecule has 1 aliphatic rings. The van der Waals surface area contributed by atoms with Crippen molar-refractivity contribution in [2.24, 2.45) is 0 Å². The molecule has 1 unspecified atom stereocenters. The van der Waals surface area contributed by atoms with Gasteiger partial charge in [0.25, 0.3) is 5.91 Å². The minimum Gasteiger partial charge on any atom is -0.394 e. The van der Waals surface area contributed by atoms with Gasteiger partial charge in [0.15, 0.2) is 0 Å². The van der Waals surface area contributed by atoms with Crippen LogP contribution in [-0.4, -0.2) is 35.1 Å². The molecule has 1 aliphatic heterocycles. The van der Waals surface area contributed by atoms with Crippen LogP contribution in [0, 0.1) is 12.7 Å². The average Bonchev–Trinajstić information content (AvgIpc) is 2.79. The Morgan fingerprint density at radius 2 is 2.35 bits per heavy atom. The fourth-order valence-electron chi connectivity index (χ4n) is 2.27. The van der Waals surface area contributed by atoms with Gasteiger partial charge in [0.2, 0.25) is 0 Å². The van der Waals surface area contributed by atoms with Crippen LogP contribution in [0.2, 0.25) is 0 Å². The fourth-order valence-corrected chi connectivity index (χ4v) is 2.27. The van der Waals surface area contributed by atoms with E-state index in [0.717, 1.165) is 18.4 Å². The lowest BCUT2D eigenvalue weighted by Gasteiger charge is -2.23. The lowest BCUT2D eigenvalue weighted by atomic mass is 10.1. The lowest BCUT2D eigenvalue weighted by Crippen LogP contribution is -2.38. The molecule has 0 saturated carbocycles. The van der Waals surface area contributed by atoms with Gasteiger partial charge < -0.3 is 10.0 Å². The van der Waals surface area contributed by atoms with Crippen molar-refractivity contribution in [3.05, 3.63) is 35.1 Å². The van der Waals surface area contributed by atoms with Gasteiger partial charge in [-0.25, -0.2) is 4.39 Å². The number of halogens is 1. The van der Waals surface area contributed by atoms with E-state index in [4.69, 9.17) is 0 Å². The predicted molar refractivity (Wildman–Crippen MR) is 62.3 cm³/mol. The SMILES string of the molecule is Cc1ccc(F)cc1C(=O)N1CCCC1CO. The Kier molecular flexibility index (Phi) is 3.43. The summed E-state index contributed by atoms with van der Waals surface area (Å²) in [7, 11) is 0. The molecule has 1 saturated heterocycles. The zero-order valence-corrected chi connectivity index (χ0v) is 9.82. The van der Waals surface area contributed by atoms with Gasteiger partial charge in [-0.3, -0.25) is 4.79 Å². The van der Waals surface area contributed by atoms with E-state index in [0.29, 0.717) is 12.1 Å². The third kappa shape index (κ3) is 2.31. The van der Waals surface area contributed by atoms with Gasteiger partial charge >= 0.3 is 0 Å². The number of carbonyl (C=O) groups is 1. The molecule has 1 amide bonds. The Balaban J connectivity index is 2.27. The van der Waals surface area contributed by atoms with Gasteiger partial charge in [0.1, 0.15) is 5.82 Å². The first kappa shape index (κ1) is 12.0. The zero-order chi connectivity index (χ0) is 12.4. The first-order valence-electron chi connectivity index (χ1n) is 5.81. The van der Waals surface area contributed by atoms with Crippen LogP contribution < -0.4 is 0 Å². The molecule has 1 N–H and O–H groups in total. The van der Waals surface area contributed by atoms with Crippen LogP contribution in [0.5, 0.6) is 0 Å². The number of likely N-dealkylation sites (tertiary alicyclic amines) is 1. The zero-order valence-electron chi connectivity index (χ0n) is 9.82. The molecule has 0 spiro atoms. The molecular formula is C13H16FNO2. The van der Waals surface area contributed by atoms with E-state index >= 15 is 0 Å². The van der Waals surface area contributed by atoms with Crippen LogP contribution in [0.1, 0.15) is 28.8 Å². The largest absolute Gasteiger partial charge is 0.394 e. The van der Waals surface area contributed by atoms with Crippen molar-refractivity contribution in [2.45, 2.75) is 25.8 Å². The van der Waals surface area contributed by atoms with Crippen LogP contribution in [-0.2, 0) is 0 Å². The Morgan fingerprint density at radius 3 is 3.06 bits per heavy atom. The van der Waals surface area contributed by atoms with Gasteiger partial charge in [0.05, 0.1) is 12.6 Å². The summed E-state index contributed by atoms with van der Waals surface area (Å²) in [5.41, 5.74) is 1.16. The molecule has 17 heavy (non-hydrogen) atoms. The quantitative estimate of drug-likeness (QED) is 0.851. The van der Waals surface area contributed by atoms with Crippen molar-refractivity contribution in [1.82, 2.24) is 4.90 Å². The van der Waals surface area contributed by atoms with E-state index in [1.165, 1.54) is 12.1 Å². The van der Waals surface area contributed by atoms with E-state index in [1.807, 2.05) is 0 Å². The molecule has 3 nitrogen and oxygen atoms in total. The number of aliphatic hydroxyl groups is 1. The maximum Gasteiger partial charge on any atom is 0.254 e. The smallest absolute Gasteiger partial charge is 0.254 e.